The predicted molar refractivity (Wildman–Crippen MR) is 172 cm³/mol. The summed E-state index contributed by atoms with van der Waals surface area (Å²) in [7, 11) is 0. The molecule has 0 saturated heterocycles. The number of aldehydes is 1. The van der Waals surface area contributed by atoms with Crippen LogP contribution in [0.3, 0.4) is 0 Å². The van der Waals surface area contributed by atoms with Crippen LogP contribution in [-0.4, -0.2) is 34.5 Å². The van der Waals surface area contributed by atoms with Crippen molar-refractivity contribution < 1.29 is 14.0 Å². The lowest BCUT2D eigenvalue weighted by Crippen LogP contribution is -2.37. The van der Waals surface area contributed by atoms with Crippen LogP contribution in [0.4, 0.5) is 4.39 Å². The van der Waals surface area contributed by atoms with E-state index in [1.807, 2.05) is 60.9 Å². The lowest BCUT2D eigenvalue weighted by atomic mass is 9.99. The van der Waals surface area contributed by atoms with Crippen LogP contribution in [0.5, 0.6) is 0 Å². The number of rotatable bonds is 11. The van der Waals surface area contributed by atoms with Gasteiger partial charge in [0.25, 0.3) is 5.91 Å². The van der Waals surface area contributed by atoms with Gasteiger partial charge in [-0.3, -0.25) is 4.79 Å². The quantitative estimate of drug-likeness (QED) is 0.126. The lowest BCUT2D eigenvalue weighted by molar-refractivity contribution is -0.109. The van der Waals surface area contributed by atoms with E-state index in [1.165, 1.54) is 5.56 Å². The van der Waals surface area contributed by atoms with E-state index in [2.05, 4.69) is 34.3 Å². The van der Waals surface area contributed by atoms with Crippen LogP contribution < -0.4 is 5.32 Å². The molecule has 1 amide bonds. The van der Waals surface area contributed by atoms with Gasteiger partial charge in [0.1, 0.15) is 12.1 Å². The van der Waals surface area contributed by atoms with Crippen molar-refractivity contribution in [3.05, 3.63) is 126 Å². The Kier molecular flexibility index (Phi) is 9.74. The van der Waals surface area contributed by atoms with Crippen LogP contribution in [0.15, 0.2) is 108 Å². The number of halogens is 1. The summed E-state index contributed by atoms with van der Waals surface area (Å²) in [4.78, 5) is 34.3. The Morgan fingerprint density at radius 3 is 2.07 bits per heavy atom. The summed E-state index contributed by atoms with van der Waals surface area (Å²) in [5.74, 6) is -0.111. The summed E-state index contributed by atoms with van der Waals surface area (Å²) >= 11 is 1.60. The number of carbonyl (C=O) groups excluding carboxylic acids is 2. The van der Waals surface area contributed by atoms with Gasteiger partial charge in [-0.2, -0.15) is 0 Å². The first-order valence-electron chi connectivity index (χ1n) is 14.2. The Balaban J connectivity index is 1.22. The van der Waals surface area contributed by atoms with Crippen molar-refractivity contribution in [3.63, 3.8) is 0 Å². The van der Waals surface area contributed by atoms with Gasteiger partial charge in [-0.1, -0.05) is 74.0 Å². The van der Waals surface area contributed by atoms with E-state index in [4.69, 9.17) is 0 Å². The molecule has 0 bridgehead atoms. The first kappa shape index (κ1) is 29.9. The van der Waals surface area contributed by atoms with Gasteiger partial charge >= 0.3 is 0 Å². The molecule has 4 aromatic carbocycles. The van der Waals surface area contributed by atoms with Gasteiger partial charge < -0.3 is 10.1 Å². The third-order valence-electron chi connectivity index (χ3n) is 7.26. The second-order valence-electron chi connectivity index (χ2n) is 10.3. The first-order chi connectivity index (χ1) is 21.0. The molecule has 0 radical (unpaired) electrons. The van der Waals surface area contributed by atoms with E-state index >= 15 is 4.39 Å². The minimum Gasteiger partial charge on any atom is -0.342 e. The van der Waals surface area contributed by atoms with Crippen molar-refractivity contribution in [1.82, 2.24) is 15.3 Å². The zero-order chi connectivity index (χ0) is 30.2. The molecule has 1 heterocycles. The van der Waals surface area contributed by atoms with Gasteiger partial charge in [0.2, 0.25) is 0 Å². The van der Waals surface area contributed by atoms with Crippen LogP contribution in [0, 0.1) is 5.82 Å². The molecule has 1 unspecified atom stereocenters. The monoisotopic (exact) mass is 589 g/mol. The molecule has 5 nitrogen and oxygen atoms in total. The van der Waals surface area contributed by atoms with Crippen LogP contribution in [0.2, 0.25) is 0 Å². The topological polar surface area (TPSA) is 72.0 Å². The second-order valence-corrected chi connectivity index (χ2v) is 11.2. The van der Waals surface area contributed by atoms with E-state index in [0.717, 1.165) is 46.3 Å². The van der Waals surface area contributed by atoms with E-state index in [0.29, 0.717) is 28.9 Å². The van der Waals surface area contributed by atoms with Gasteiger partial charge in [0, 0.05) is 39.5 Å². The molecule has 1 N–H and O–H groups in total. The van der Waals surface area contributed by atoms with Gasteiger partial charge in [-0.15, -0.1) is 11.8 Å². The molecule has 0 aliphatic heterocycles. The zero-order valence-electron chi connectivity index (χ0n) is 24.1. The summed E-state index contributed by atoms with van der Waals surface area (Å²) in [5, 5.41) is 2.79. The summed E-state index contributed by atoms with van der Waals surface area (Å²) in [6.45, 7) is 2.15. The highest BCUT2D eigenvalue weighted by Gasteiger charge is 2.15. The Labute approximate surface area is 255 Å². The Morgan fingerprint density at radius 2 is 1.47 bits per heavy atom. The molecule has 43 heavy (non-hydrogen) atoms. The molecular weight excluding hydrogens is 557 g/mol. The summed E-state index contributed by atoms with van der Waals surface area (Å²) in [5.41, 5.74) is 6.29. The Morgan fingerprint density at radius 1 is 0.837 bits per heavy atom. The second kappa shape index (κ2) is 14.0. The lowest BCUT2D eigenvalue weighted by Gasteiger charge is -2.13. The molecule has 0 spiro atoms. The van der Waals surface area contributed by atoms with Crippen LogP contribution in [0.1, 0.15) is 34.8 Å². The largest absolute Gasteiger partial charge is 0.342 e. The van der Waals surface area contributed by atoms with Gasteiger partial charge in [-0.05, 0) is 71.7 Å². The number of aromatic nitrogens is 2. The number of aryl methyl sites for hydroxylation is 1. The summed E-state index contributed by atoms with van der Waals surface area (Å²) in [6, 6.07) is 27.6. The Bertz CT molecular complexity index is 1690. The summed E-state index contributed by atoms with van der Waals surface area (Å²) < 4.78 is 15.1. The average molecular weight is 590 g/mol. The number of benzene rings is 4. The molecule has 0 aliphatic rings. The predicted octanol–water partition coefficient (Wildman–Crippen LogP) is 7.83. The third kappa shape index (κ3) is 7.43. The number of thioether (sulfide) groups is 1. The first-order valence-corrected chi connectivity index (χ1v) is 15.4. The molecule has 7 heteroatoms. The molecule has 5 aromatic rings. The smallest absolute Gasteiger partial charge is 0.251 e. The fourth-order valence-corrected chi connectivity index (χ4v) is 5.28. The maximum atomic E-state index is 15.1. The van der Waals surface area contributed by atoms with E-state index < -0.39 is 6.04 Å². The fraction of sp³-hybridized carbons (Fsp3) is 0.167. The number of hydrogen-bond acceptors (Lipinski definition) is 5. The number of nitrogens with zero attached hydrogens (tertiary/aromatic N) is 2. The Hall–Kier alpha value is -4.62. The van der Waals surface area contributed by atoms with E-state index in [9.17, 15) is 9.59 Å². The standard InChI is InChI=1S/C36H32FN3O2S/c1-3-4-24-5-9-26(10-6-24)29-15-18-33(34(37)20-29)30-21-38-35(39-22-30)27-11-7-25(8-12-27)19-31(23-41)40-36(42)28-13-16-32(43-2)17-14-28/h5-18,20-23,31H,3-4,19H2,1-2H3,(H,40,42). The molecule has 0 saturated carbocycles. The third-order valence-corrected chi connectivity index (χ3v) is 8.00. The van der Waals surface area contributed by atoms with Crippen LogP contribution >= 0.6 is 11.8 Å². The van der Waals surface area contributed by atoms with Crippen LogP contribution in [-0.2, 0) is 17.6 Å². The van der Waals surface area contributed by atoms with Crippen molar-refractivity contribution in [2.24, 2.45) is 0 Å². The van der Waals surface area contributed by atoms with Gasteiger partial charge in [-0.25, -0.2) is 14.4 Å². The van der Waals surface area contributed by atoms with Gasteiger partial charge in [0.05, 0.1) is 6.04 Å². The normalized spacial score (nSPS) is 11.6. The van der Waals surface area contributed by atoms with Crippen molar-refractivity contribution >= 4 is 24.0 Å². The maximum Gasteiger partial charge on any atom is 0.251 e. The minimum atomic E-state index is -0.657. The highest BCUT2D eigenvalue weighted by atomic mass is 32.2. The number of nitrogens with one attached hydrogen (secondary N) is 1. The average Bonchev–Trinajstić information content (AvgIpc) is 3.05. The number of carbonyl (C=O) groups is 2. The minimum absolute atomic E-state index is 0.290. The number of amides is 1. The fourth-order valence-electron chi connectivity index (χ4n) is 4.87. The molecule has 0 fully saturated rings. The van der Waals surface area contributed by atoms with E-state index in [-0.39, 0.29) is 11.7 Å². The van der Waals surface area contributed by atoms with E-state index in [1.54, 1.807) is 48.4 Å². The molecule has 216 valence electrons. The molecule has 5 rings (SSSR count). The molecule has 1 aromatic heterocycles. The summed E-state index contributed by atoms with van der Waals surface area (Å²) in [6.07, 6.45) is 8.44. The SMILES string of the molecule is CCCc1ccc(-c2ccc(-c3cnc(-c4ccc(CC(C=O)NC(=O)c5ccc(SC)cc5)cc4)nc3)c(F)c2)cc1. The molecular formula is C36H32FN3O2S. The molecule has 0 aliphatic carbocycles. The van der Waals surface area contributed by atoms with Crippen molar-refractivity contribution in [2.45, 2.75) is 37.1 Å². The highest BCUT2D eigenvalue weighted by Crippen LogP contribution is 2.28. The van der Waals surface area contributed by atoms with Crippen LogP contribution in [0.25, 0.3) is 33.6 Å². The van der Waals surface area contributed by atoms with Crippen molar-refractivity contribution in [1.29, 1.82) is 0 Å². The van der Waals surface area contributed by atoms with Gasteiger partial charge in [0.15, 0.2) is 5.82 Å². The molecule has 1 atom stereocenters. The maximum absolute atomic E-state index is 15.1. The highest BCUT2D eigenvalue weighted by molar-refractivity contribution is 7.98. The number of hydrogen-bond donors (Lipinski definition) is 1. The van der Waals surface area contributed by atoms with Crippen molar-refractivity contribution in [2.75, 3.05) is 6.26 Å². The zero-order valence-corrected chi connectivity index (χ0v) is 24.9. The van der Waals surface area contributed by atoms with Crippen molar-refractivity contribution in [3.8, 4) is 33.6 Å².